The highest BCUT2D eigenvalue weighted by Gasteiger charge is 2.09. The fourth-order valence-electron chi connectivity index (χ4n) is 2.32. The first-order valence-corrected chi connectivity index (χ1v) is 10.1. The molecule has 1 N–H and O–H groups in total. The maximum absolute atomic E-state index is 12.2. The third-order valence-corrected chi connectivity index (χ3v) is 5.32. The average Bonchev–Trinajstić information content (AvgIpc) is 3.08. The van der Waals surface area contributed by atoms with Crippen molar-refractivity contribution in [3.8, 4) is 17.0 Å². The molecule has 0 aliphatic carbocycles. The monoisotopic (exact) mass is 482 g/mol. The van der Waals surface area contributed by atoms with E-state index in [1.807, 2.05) is 29.6 Å². The lowest BCUT2D eigenvalue weighted by Gasteiger charge is -2.07. The number of thiazole rings is 1. The number of amides is 1. The summed E-state index contributed by atoms with van der Waals surface area (Å²) in [5, 5.41) is 5.99. The number of rotatable bonds is 5. The number of nitrogens with zero attached hydrogens (tertiary/aromatic N) is 1. The van der Waals surface area contributed by atoms with Gasteiger partial charge in [-0.15, -0.1) is 11.3 Å². The van der Waals surface area contributed by atoms with E-state index in [-0.39, 0.29) is 5.91 Å². The Morgan fingerprint density at radius 3 is 2.70 bits per heavy atom. The Morgan fingerprint density at radius 1 is 1.26 bits per heavy atom. The molecule has 3 aromatic rings. The van der Waals surface area contributed by atoms with E-state index in [4.69, 9.17) is 27.9 Å². The second kappa shape index (κ2) is 8.89. The lowest BCUT2D eigenvalue weighted by molar-refractivity contribution is -0.111. The van der Waals surface area contributed by atoms with Crippen LogP contribution >= 0.6 is 50.5 Å². The molecule has 0 aliphatic rings. The van der Waals surface area contributed by atoms with Gasteiger partial charge in [-0.2, -0.15) is 0 Å². The Kier molecular flexibility index (Phi) is 6.55. The molecule has 138 valence electrons. The number of hydrogen-bond donors (Lipinski definition) is 1. The van der Waals surface area contributed by atoms with Gasteiger partial charge in [0.2, 0.25) is 5.91 Å². The van der Waals surface area contributed by atoms with Gasteiger partial charge >= 0.3 is 0 Å². The van der Waals surface area contributed by atoms with Crippen molar-refractivity contribution < 1.29 is 9.53 Å². The van der Waals surface area contributed by atoms with Crippen LogP contribution in [0.1, 0.15) is 5.56 Å². The molecule has 1 heterocycles. The second-order valence-corrected chi connectivity index (χ2v) is 7.99. The molecule has 1 aromatic heterocycles. The average molecular weight is 484 g/mol. The topological polar surface area (TPSA) is 51.2 Å². The molecular formula is C19H13BrCl2N2O2S. The first kappa shape index (κ1) is 19.9. The SMILES string of the molecule is COc1c(Cl)cc(Cl)cc1/C=C/C(=O)Nc1nc(-c2ccc(Br)cc2)cs1. The predicted octanol–water partition coefficient (Wildman–Crippen LogP) is 6.54. The zero-order chi connectivity index (χ0) is 19.4. The van der Waals surface area contributed by atoms with Crippen molar-refractivity contribution in [2.75, 3.05) is 12.4 Å². The van der Waals surface area contributed by atoms with Crippen LogP contribution < -0.4 is 10.1 Å². The van der Waals surface area contributed by atoms with Gasteiger partial charge in [0.05, 0.1) is 17.8 Å². The van der Waals surface area contributed by atoms with Crippen LogP contribution in [0.5, 0.6) is 5.75 Å². The van der Waals surface area contributed by atoms with E-state index in [0.717, 1.165) is 15.7 Å². The van der Waals surface area contributed by atoms with Crippen LogP contribution in [-0.4, -0.2) is 18.0 Å². The summed E-state index contributed by atoms with van der Waals surface area (Å²) < 4.78 is 6.25. The number of methoxy groups -OCH3 is 1. The zero-order valence-corrected chi connectivity index (χ0v) is 17.9. The van der Waals surface area contributed by atoms with Gasteiger partial charge in [-0.1, -0.05) is 51.3 Å². The van der Waals surface area contributed by atoms with Crippen molar-refractivity contribution in [1.82, 2.24) is 4.98 Å². The van der Waals surface area contributed by atoms with Gasteiger partial charge in [-0.25, -0.2) is 4.98 Å². The van der Waals surface area contributed by atoms with E-state index in [1.54, 1.807) is 18.2 Å². The predicted molar refractivity (Wildman–Crippen MR) is 116 cm³/mol. The fourth-order valence-corrected chi connectivity index (χ4v) is 3.89. The molecular weight excluding hydrogens is 471 g/mol. The third kappa shape index (κ3) is 5.11. The van der Waals surface area contributed by atoms with Crippen molar-refractivity contribution in [1.29, 1.82) is 0 Å². The highest BCUT2D eigenvalue weighted by Crippen LogP contribution is 2.33. The first-order chi connectivity index (χ1) is 13.0. The molecule has 0 atom stereocenters. The number of carbonyl (C=O) groups is 1. The summed E-state index contributed by atoms with van der Waals surface area (Å²) >= 11 is 16.9. The highest BCUT2D eigenvalue weighted by atomic mass is 79.9. The van der Waals surface area contributed by atoms with Gasteiger partial charge < -0.3 is 4.74 Å². The number of halogens is 3. The normalized spacial score (nSPS) is 11.0. The number of nitrogens with one attached hydrogen (secondary N) is 1. The van der Waals surface area contributed by atoms with Gasteiger partial charge in [-0.05, 0) is 30.3 Å². The van der Waals surface area contributed by atoms with E-state index in [0.29, 0.717) is 26.5 Å². The van der Waals surface area contributed by atoms with E-state index >= 15 is 0 Å². The van der Waals surface area contributed by atoms with Crippen LogP contribution in [0.4, 0.5) is 5.13 Å². The zero-order valence-electron chi connectivity index (χ0n) is 14.0. The maximum Gasteiger partial charge on any atom is 0.250 e. The van der Waals surface area contributed by atoms with E-state index < -0.39 is 0 Å². The van der Waals surface area contributed by atoms with Crippen LogP contribution in [-0.2, 0) is 4.79 Å². The van der Waals surface area contributed by atoms with Crippen LogP contribution in [0.3, 0.4) is 0 Å². The molecule has 3 rings (SSSR count). The minimum Gasteiger partial charge on any atom is -0.495 e. The van der Waals surface area contributed by atoms with Gasteiger partial charge in [-0.3, -0.25) is 10.1 Å². The second-order valence-electron chi connectivity index (χ2n) is 5.38. The molecule has 0 unspecified atom stereocenters. The third-order valence-electron chi connectivity index (χ3n) is 3.53. The van der Waals surface area contributed by atoms with Gasteiger partial charge in [0.15, 0.2) is 5.13 Å². The van der Waals surface area contributed by atoms with Crippen molar-refractivity contribution in [2.45, 2.75) is 0 Å². The number of carbonyl (C=O) groups excluding carboxylic acids is 1. The molecule has 0 fully saturated rings. The van der Waals surface area contributed by atoms with Crippen LogP contribution in [0.25, 0.3) is 17.3 Å². The summed E-state index contributed by atoms with van der Waals surface area (Å²) in [5.74, 6) is 0.141. The molecule has 4 nitrogen and oxygen atoms in total. The maximum atomic E-state index is 12.2. The quantitative estimate of drug-likeness (QED) is 0.419. The van der Waals surface area contributed by atoms with Gasteiger partial charge in [0, 0.05) is 32.1 Å². The Morgan fingerprint density at radius 2 is 2.00 bits per heavy atom. The minimum absolute atomic E-state index is 0.315. The first-order valence-electron chi connectivity index (χ1n) is 7.70. The Bertz CT molecular complexity index is 1000. The van der Waals surface area contributed by atoms with Crippen molar-refractivity contribution in [2.24, 2.45) is 0 Å². The van der Waals surface area contributed by atoms with Crippen LogP contribution in [0.2, 0.25) is 10.0 Å². The number of anilines is 1. The molecule has 0 bridgehead atoms. The van der Waals surface area contributed by atoms with E-state index in [1.165, 1.54) is 24.5 Å². The molecule has 0 saturated carbocycles. The number of benzene rings is 2. The lowest BCUT2D eigenvalue weighted by atomic mass is 10.2. The van der Waals surface area contributed by atoms with E-state index in [9.17, 15) is 4.79 Å². The summed E-state index contributed by atoms with van der Waals surface area (Å²) in [6.07, 6.45) is 2.97. The minimum atomic E-state index is -0.315. The molecule has 0 spiro atoms. The fraction of sp³-hybridized carbons (Fsp3) is 0.0526. The molecule has 0 aliphatic heterocycles. The van der Waals surface area contributed by atoms with Gasteiger partial charge in [0.25, 0.3) is 0 Å². The Balaban J connectivity index is 1.72. The Labute approximate surface area is 178 Å². The van der Waals surface area contributed by atoms with Crippen molar-refractivity contribution in [3.05, 3.63) is 67.9 Å². The molecule has 1 amide bonds. The van der Waals surface area contributed by atoms with Crippen molar-refractivity contribution >= 4 is 67.6 Å². The molecule has 2 aromatic carbocycles. The summed E-state index contributed by atoms with van der Waals surface area (Å²) in [6, 6.07) is 11.1. The number of ether oxygens (including phenoxy) is 1. The molecule has 27 heavy (non-hydrogen) atoms. The smallest absolute Gasteiger partial charge is 0.250 e. The standard InChI is InChI=1S/C19H13BrCl2N2O2S/c1-26-18-12(8-14(21)9-15(18)22)4-7-17(25)24-19-23-16(10-27-19)11-2-5-13(20)6-3-11/h2-10H,1H3,(H,23,24,25)/b7-4+. The number of hydrogen-bond acceptors (Lipinski definition) is 4. The van der Waals surface area contributed by atoms with Crippen LogP contribution in [0.15, 0.2) is 52.3 Å². The Hall–Kier alpha value is -1.86. The molecule has 0 saturated heterocycles. The van der Waals surface area contributed by atoms with Gasteiger partial charge in [0.1, 0.15) is 5.75 Å². The summed E-state index contributed by atoms with van der Waals surface area (Å²) in [6.45, 7) is 0. The summed E-state index contributed by atoms with van der Waals surface area (Å²) in [5.41, 5.74) is 2.39. The largest absolute Gasteiger partial charge is 0.495 e. The van der Waals surface area contributed by atoms with Crippen molar-refractivity contribution in [3.63, 3.8) is 0 Å². The molecule has 0 radical (unpaired) electrons. The van der Waals surface area contributed by atoms with Crippen LogP contribution in [0, 0.1) is 0 Å². The summed E-state index contributed by atoms with van der Waals surface area (Å²) in [4.78, 5) is 16.6. The number of aromatic nitrogens is 1. The highest BCUT2D eigenvalue weighted by molar-refractivity contribution is 9.10. The lowest BCUT2D eigenvalue weighted by Crippen LogP contribution is -2.07. The summed E-state index contributed by atoms with van der Waals surface area (Å²) in [7, 11) is 1.51. The van der Waals surface area contributed by atoms with E-state index in [2.05, 4.69) is 26.2 Å². The molecule has 8 heteroatoms.